The van der Waals surface area contributed by atoms with Gasteiger partial charge < -0.3 is 0 Å². The van der Waals surface area contributed by atoms with Gasteiger partial charge in [-0.25, -0.2) is 0 Å². The third-order valence-corrected chi connectivity index (χ3v) is 5.49. The zero-order valence-corrected chi connectivity index (χ0v) is 13.3. The normalized spacial score (nSPS) is 10.1. The molecule has 0 aromatic heterocycles. The number of hydrogen-bond acceptors (Lipinski definition) is 0. The molecule has 0 bridgehead atoms. The average Bonchev–Trinajstić information content (AvgIpc) is 2.51. The first-order valence-corrected chi connectivity index (χ1v) is 7.74. The van der Waals surface area contributed by atoms with Crippen molar-refractivity contribution in [3.63, 3.8) is 0 Å². The molecule has 2 heteroatoms. The van der Waals surface area contributed by atoms with E-state index in [0.29, 0.717) is 0 Å². The number of rotatable bonds is 3. The van der Waals surface area contributed by atoms with Crippen LogP contribution in [0.15, 0.2) is 91.0 Å². The quantitative estimate of drug-likeness (QED) is 0.490. The van der Waals surface area contributed by atoms with Gasteiger partial charge in [-0.15, -0.1) is 0 Å². The molecule has 0 heterocycles. The fourth-order valence-electron chi connectivity index (χ4n) is 2.18. The molecule has 0 saturated carbocycles. The van der Waals surface area contributed by atoms with Crippen LogP contribution in [-0.2, 0) is 22.4 Å². The van der Waals surface area contributed by atoms with E-state index in [9.17, 15) is 0 Å². The van der Waals surface area contributed by atoms with Crippen molar-refractivity contribution in [2.75, 3.05) is 0 Å². The van der Waals surface area contributed by atoms with Crippen molar-refractivity contribution in [3.05, 3.63) is 91.0 Å². The fraction of sp³-hybridized carbons (Fsp3) is 0. The first kappa shape index (κ1) is 15.2. The van der Waals surface area contributed by atoms with Crippen molar-refractivity contribution < 1.29 is 22.4 Å². The summed E-state index contributed by atoms with van der Waals surface area (Å²) in [6.07, 6.45) is 0. The maximum absolute atomic E-state index is 2.23. The second-order valence-corrected chi connectivity index (χ2v) is 6.56. The van der Waals surface area contributed by atoms with Gasteiger partial charge in [-0.3, -0.25) is 0 Å². The van der Waals surface area contributed by atoms with E-state index in [0.717, 1.165) is 0 Å². The molecule has 0 nitrogen and oxygen atoms in total. The Morgan fingerprint density at radius 1 is 0.400 bits per heavy atom. The molecule has 0 unspecified atom stereocenters. The Morgan fingerprint density at radius 2 is 0.650 bits per heavy atom. The zero-order chi connectivity index (χ0) is 12.9. The Balaban J connectivity index is 0.00000147. The Morgan fingerprint density at radius 3 is 0.900 bits per heavy atom. The molecular weight excluding hydrogens is 355 g/mol. The van der Waals surface area contributed by atoms with E-state index in [1.165, 1.54) is 15.9 Å². The molecule has 3 rings (SSSR count). The molecule has 3 aromatic carbocycles. The van der Waals surface area contributed by atoms with Crippen LogP contribution >= 0.6 is 7.92 Å². The zero-order valence-electron chi connectivity index (χ0n) is 10.9. The molecule has 0 saturated heterocycles. The first-order chi connectivity index (χ1) is 9.45. The molecule has 0 radical (unpaired) electrons. The summed E-state index contributed by atoms with van der Waals surface area (Å²) in [6.45, 7) is 0. The average molecular weight is 370 g/mol. The van der Waals surface area contributed by atoms with Crippen LogP contribution in [-0.4, -0.2) is 0 Å². The predicted octanol–water partition coefficient (Wildman–Crippen LogP) is 3.44. The summed E-state index contributed by atoms with van der Waals surface area (Å²) in [6, 6.07) is 32.3. The monoisotopic (exact) mass is 369 g/mol. The van der Waals surface area contributed by atoms with Gasteiger partial charge in [0, 0.05) is 0 Å². The topological polar surface area (TPSA) is 0 Å². The molecule has 0 aliphatic rings. The van der Waals surface area contributed by atoms with Gasteiger partial charge in [0.25, 0.3) is 0 Å². The molecule has 20 heavy (non-hydrogen) atoms. The van der Waals surface area contributed by atoms with E-state index in [2.05, 4.69) is 91.0 Å². The molecule has 0 amide bonds. The third-order valence-electron chi connectivity index (χ3n) is 3.04. The Labute approximate surface area is 137 Å². The fourth-order valence-corrected chi connectivity index (χ4v) is 4.48. The van der Waals surface area contributed by atoms with E-state index >= 15 is 0 Å². The molecule has 0 atom stereocenters. The van der Waals surface area contributed by atoms with Crippen molar-refractivity contribution >= 4 is 23.8 Å². The van der Waals surface area contributed by atoms with Gasteiger partial charge in [-0.2, -0.15) is 0 Å². The van der Waals surface area contributed by atoms with Crippen molar-refractivity contribution in [1.29, 1.82) is 0 Å². The SMILES string of the molecule is [Ag+].c1ccc(P(c2ccccc2)c2ccccc2)cc1. The van der Waals surface area contributed by atoms with E-state index in [1.807, 2.05) is 0 Å². The molecule has 3 aromatic rings. The molecule has 0 N–H and O–H groups in total. The standard InChI is InChI=1S/C18H15P.Ag/c1-4-10-16(11-5-1)19(17-12-6-2-7-13-17)18-14-8-3-9-15-18;/h1-15H;/q;+1. The van der Waals surface area contributed by atoms with Gasteiger partial charge in [0.1, 0.15) is 0 Å². The summed E-state index contributed by atoms with van der Waals surface area (Å²) >= 11 is 0. The summed E-state index contributed by atoms with van der Waals surface area (Å²) in [4.78, 5) is 0. The minimum absolute atomic E-state index is 0. The molecular formula is C18H15AgP+. The Kier molecular flexibility index (Phi) is 5.76. The van der Waals surface area contributed by atoms with Crippen LogP contribution in [0.25, 0.3) is 0 Å². The largest absolute Gasteiger partial charge is 1.00 e. The van der Waals surface area contributed by atoms with Crippen LogP contribution in [0, 0.1) is 0 Å². The Hall–Kier alpha value is -1.17. The first-order valence-electron chi connectivity index (χ1n) is 6.40. The van der Waals surface area contributed by atoms with Crippen LogP contribution in [0.4, 0.5) is 0 Å². The molecule has 102 valence electrons. The van der Waals surface area contributed by atoms with E-state index < -0.39 is 7.92 Å². The molecule has 0 aliphatic heterocycles. The van der Waals surface area contributed by atoms with Gasteiger partial charge in [0.15, 0.2) is 0 Å². The summed E-state index contributed by atoms with van der Waals surface area (Å²) in [5, 5.41) is 4.19. The van der Waals surface area contributed by atoms with Crippen molar-refractivity contribution in [2.45, 2.75) is 0 Å². The van der Waals surface area contributed by atoms with Crippen LogP contribution in [0.1, 0.15) is 0 Å². The summed E-state index contributed by atoms with van der Waals surface area (Å²) in [5.74, 6) is 0. The van der Waals surface area contributed by atoms with Crippen LogP contribution in [0.3, 0.4) is 0 Å². The molecule has 0 spiro atoms. The van der Waals surface area contributed by atoms with Crippen LogP contribution < -0.4 is 15.9 Å². The van der Waals surface area contributed by atoms with E-state index in [-0.39, 0.29) is 22.4 Å². The second kappa shape index (κ2) is 7.57. The maximum atomic E-state index is 2.23. The third kappa shape index (κ3) is 3.48. The Bertz CT molecular complexity index is 529. The summed E-state index contributed by atoms with van der Waals surface area (Å²) in [5.41, 5.74) is 0. The van der Waals surface area contributed by atoms with Crippen molar-refractivity contribution in [1.82, 2.24) is 0 Å². The predicted molar refractivity (Wildman–Crippen MR) is 85.1 cm³/mol. The molecule has 0 aliphatic carbocycles. The summed E-state index contributed by atoms with van der Waals surface area (Å²) in [7, 11) is -0.446. The van der Waals surface area contributed by atoms with Gasteiger partial charge in [0.2, 0.25) is 0 Å². The van der Waals surface area contributed by atoms with Crippen LogP contribution in [0.2, 0.25) is 0 Å². The molecule has 0 fully saturated rings. The van der Waals surface area contributed by atoms with Crippen LogP contribution in [0.5, 0.6) is 0 Å². The number of hydrogen-bond donors (Lipinski definition) is 0. The van der Waals surface area contributed by atoms with Gasteiger partial charge in [0.05, 0.1) is 0 Å². The number of benzene rings is 3. The second-order valence-electron chi connectivity index (χ2n) is 4.34. The van der Waals surface area contributed by atoms with Gasteiger partial charge >= 0.3 is 22.4 Å². The van der Waals surface area contributed by atoms with Crippen molar-refractivity contribution in [2.24, 2.45) is 0 Å². The van der Waals surface area contributed by atoms with Crippen molar-refractivity contribution in [3.8, 4) is 0 Å². The summed E-state index contributed by atoms with van der Waals surface area (Å²) < 4.78 is 0. The minimum Gasteiger partial charge on any atom is -0.0622 e. The van der Waals surface area contributed by atoms with Gasteiger partial charge in [-0.05, 0) is 23.8 Å². The minimum atomic E-state index is -0.446. The van der Waals surface area contributed by atoms with E-state index in [1.54, 1.807) is 0 Å². The smallest absolute Gasteiger partial charge is 0.0622 e. The van der Waals surface area contributed by atoms with Gasteiger partial charge in [-0.1, -0.05) is 91.0 Å². The maximum Gasteiger partial charge on any atom is 1.00 e. The van der Waals surface area contributed by atoms with E-state index in [4.69, 9.17) is 0 Å².